The van der Waals surface area contributed by atoms with Crippen molar-refractivity contribution < 1.29 is 13.9 Å². The Balaban J connectivity index is 0.00000300. The van der Waals surface area contributed by atoms with Gasteiger partial charge in [0, 0.05) is 20.1 Å². The van der Waals surface area contributed by atoms with Gasteiger partial charge in [-0.3, -0.25) is 9.89 Å². The van der Waals surface area contributed by atoms with Crippen molar-refractivity contribution in [1.82, 2.24) is 15.5 Å². The molecule has 8 heteroatoms. The maximum atomic E-state index is 11.5. The number of carbonyl (C=O) groups is 1. The molecule has 2 aromatic rings. The molecule has 1 aliphatic rings. The molecule has 29 heavy (non-hydrogen) atoms. The van der Waals surface area contributed by atoms with Crippen LogP contribution in [0.25, 0.3) is 0 Å². The van der Waals surface area contributed by atoms with Gasteiger partial charge in [-0.25, -0.2) is 4.79 Å². The lowest BCUT2D eigenvalue weighted by atomic mass is 10.1. The molecule has 1 saturated heterocycles. The number of rotatable bonds is 7. The van der Waals surface area contributed by atoms with Gasteiger partial charge in [-0.2, -0.15) is 0 Å². The molecule has 1 aromatic heterocycles. The summed E-state index contributed by atoms with van der Waals surface area (Å²) >= 11 is 0. The molecule has 0 spiro atoms. The van der Waals surface area contributed by atoms with Gasteiger partial charge in [0.1, 0.15) is 5.76 Å². The second-order valence-electron chi connectivity index (χ2n) is 6.77. The van der Waals surface area contributed by atoms with Gasteiger partial charge < -0.3 is 19.8 Å². The second kappa shape index (κ2) is 11.8. The second-order valence-corrected chi connectivity index (χ2v) is 6.77. The molecule has 158 valence electrons. The molecule has 0 saturated carbocycles. The van der Waals surface area contributed by atoms with Crippen LogP contribution in [-0.4, -0.2) is 50.6 Å². The first-order chi connectivity index (χ1) is 13.7. The first-order valence-electron chi connectivity index (χ1n) is 9.60. The number of carbonyl (C=O) groups excluding carboxylic acids is 1. The molecule has 3 rings (SSSR count). The van der Waals surface area contributed by atoms with Crippen molar-refractivity contribution in [1.29, 1.82) is 0 Å². The lowest BCUT2D eigenvalue weighted by molar-refractivity contribution is 0.0600. The fourth-order valence-electron chi connectivity index (χ4n) is 3.42. The van der Waals surface area contributed by atoms with Crippen molar-refractivity contribution in [3.8, 4) is 0 Å². The molecule has 1 atom stereocenters. The fraction of sp³-hybridized carbons (Fsp3) is 0.429. The topological polar surface area (TPSA) is 79.1 Å². The quantitative estimate of drug-likeness (QED) is 0.257. The summed E-state index contributed by atoms with van der Waals surface area (Å²) in [4.78, 5) is 18.3. The van der Waals surface area contributed by atoms with E-state index in [1.807, 2.05) is 24.3 Å². The molecule has 2 heterocycles. The molecule has 0 bridgehead atoms. The first-order valence-corrected chi connectivity index (χ1v) is 9.60. The maximum absolute atomic E-state index is 11.5. The van der Waals surface area contributed by atoms with Crippen LogP contribution in [0.1, 0.15) is 40.6 Å². The summed E-state index contributed by atoms with van der Waals surface area (Å²) in [5.74, 6) is 1.37. The SMILES string of the molecule is CN=C(NCc1ccc(C(=O)OC)cc1)NCC(c1ccco1)N1CCCC1.I. The highest BCUT2D eigenvalue weighted by Crippen LogP contribution is 2.24. The molecule has 1 aliphatic heterocycles. The van der Waals surface area contributed by atoms with Gasteiger partial charge in [0.25, 0.3) is 0 Å². The summed E-state index contributed by atoms with van der Waals surface area (Å²) in [5.41, 5.74) is 1.60. The third kappa shape index (κ3) is 6.46. The number of hydrogen-bond acceptors (Lipinski definition) is 5. The van der Waals surface area contributed by atoms with Crippen LogP contribution < -0.4 is 10.6 Å². The Morgan fingerprint density at radius 3 is 2.52 bits per heavy atom. The maximum Gasteiger partial charge on any atom is 0.337 e. The minimum Gasteiger partial charge on any atom is -0.468 e. The van der Waals surface area contributed by atoms with Gasteiger partial charge in [-0.05, 0) is 55.8 Å². The smallest absolute Gasteiger partial charge is 0.337 e. The van der Waals surface area contributed by atoms with E-state index in [1.165, 1.54) is 20.0 Å². The van der Waals surface area contributed by atoms with Crippen LogP contribution in [0.3, 0.4) is 0 Å². The van der Waals surface area contributed by atoms with Crippen LogP contribution in [-0.2, 0) is 11.3 Å². The molecule has 1 fully saturated rings. The zero-order chi connectivity index (χ0) is 19.8. The van der Waals surface area contributed by atoms with Gasteiger partial charge in [0.15, 0.2) is 5.96 Å². The number of guanidine groups is 1. The van der Waals surface area contributed by atoms with E-state index >= 15 is 0 Å². The third-order valence-corrected chi connectivity index (χ3v) is 4.97. The number of halogens is 1. The number of nitrogens with zero attached hydrogens (tertiary/aromatic N) is 2. The summed E-state index contributed by atoms with van der Waals surface area (Å²) in [6.45, 7) is 3.50. The van der Waals surface area contributed by atoms with E-state index in [4.69, 9.17) is 9.15 Å². The molecular weight excluding hydrogens is 483 g/mol. The van der Waals surface area contributed by atoms with Crippen molar-refractivity contribution in [2.24, 2.45) is 4.99 Å². The van der Waals surface area contributed by atoms with Crippen molar-refractivity contribution >= 4 is 35.9 Å². The Bertz CT molecular complexity index is 772. The van der Waals surface area contributed by atoms with E-state index in [9.17, 15) is 4.79 Å². The standard InChI is InChI=1S/C21H28N4O3.HI/c1-22-21(23-14-16-7-9-17(10-8-16)20(26)27-2)24-15-18(19-6-5-13-28-19)25-11-3-4-12-25;/h5-10,13,18H,3-4,11-12,14-15H2,1-2H3,(H2,22,23,24);1H. The summed E-state index contributed by atoms with van der Waals surface area (Å²) in [6.07, 6.45) is 4.18. The van der Waals surface area contributed by atoms with Gasteiger partial charge >= 0.3 is 5.97 Å². The number of ether oxygens (including phenoxy) is 1. The summed E-state index contributed by atoms with van der Waals surface area (Å²) in [6, 6.07) is 11.5. The van der Waals surface area contributed by atoms with E-state index in [0.717, 1.165) is 30.4 Å². The van der Waals surface area contributed by atoms with Crippen molar-refractivity contribution in [3.05, 3.63) is 59.5 Å². The highest BCUT2D eigenvalue weighted by molar-refractivity contribution is 14.0. The minimum atomic E-state index is -0.331. The van der Waals surface area contributed by atoms with Gasteiger partial charge in [-0.15, -0.1) is 24.0 Å². The van der Waals surface area contributed by atoms with Crippen LogP contribution >= 0.6 is 24.0 Å². The predicted octanol–water partition coefficient (Wildman–Crippen LogP) is 3.19. The Hall–Kier alpha value is -2.07. The molecule has 2 N–H and O–H groups in total. The Labute approximate surface area is 188 Å². The molecule has 0 aliphatic carbocycles. The zero-order valence-electron chi connectivity index (χ0n) is 16.9. The monoisotopic (exact) mass is 512 g/mol. The fourth-order valence-corrected chi connectivity index (χ4v) is 3.42. The normalized spacial score (nSPS) is 15.4. The van der Waals surface area contributed by atoms with E-state index in [2.05, 4.69) is 20.5 Å². The van der Waals surface area contributed by atoms with Crippen molar-refractivity contribution in [3.63, 3.8) is 0 Å². The minimum absolute atomic E-state index is 0. The number of benzene rings is 1. The molecule has 0 amide bonds. The van der Waals surface area contributed by atoms with Gasteiger partial charge in [-0.1, -0.05) is 12.1 Å². The molecule has 1 aromatic carbocycles. The summed E-state index contributed by atoms with van der Waals surface area (Å²) < 4.78 is 10.4. The number of aliphatic imine (C=N–C) groups is 1. The van der Waals surface area contributed by atoms with E-state index in [-0.39, 0.29) is 36.0 Å². The van der Waals surface area contributed by atoms with Gasteiger partial charge in [0.05, 0.1) is 25.0 Å². The third-order valence-electron chi connectivity index (χ3n) is 4.97. The highest BCUT2D eigenvalue weighted by atomic mass is 127. The van der Waals surface area contributed by atoms with E-state index in [1.54, 1.807) is 25.4 Å². The Morgan fingerprint density at radius 2 is 1.93 bits per heavy atom. The van der Waals surface area contributed by atoms with E-state index in [0.29, 0.717) is 18.7 Å². The largest absolute Gasteiger partial charge is 0.468 e. The lowest BCUT2D eigenvalue weighted by Gasteiger charge is -2.26. The predicted molar refractivity (Wildman–Crippen MR) is 124 cm³/mol. The summed E-state index contributed by atoms with van der Waals surface area (Å²) in [5, 5.41) is 6.72. The summed E-state index contributed by atoms with van der Waals surface area (Å²) in [7, 11) is 3.14. The van der Waals surface area contributed by atoms with Crippen molar-refractivity contribution in [2.75, 3.05) is 33.8 Å². The number of esters is 1. The Kier molecular flexibility index (Phi) is 9.46. The van der Waals surface area contributed by atoms with Crippen molar-refractivity contribution in [2.45, 2.75) is 25.4 Å². The van der Waals surface area contributed by atoms with Gasteiger partial charge in [0.2, 0.25) is 0 Å². The first kappa shape index (κ1) is 23.2. The zero-order valence-corrected chi connectivity index (χ0v) is 19.2. The molecule has 0 radical (unpaired) electrons. The number of likely N-dealkylation sites (tertiary alicyclic amines) is 1. The molecular formula is C21H29IN4O3. The number of methoxy groups -OCH3 is 1. The average molecular weight is 512 g/mol. The number of furan rings is 1. The molecule has 1 unspecified atom stereocenters. The average Bonchev–Trinajstić information content (AvgIpc) is 3.45. The number of nitrogens with one attached hydrogen (secondary N) is 2. The lowest BCUT2D eigenvalue weighted by Crippen LogP contribution is -2.42. The molecule has 7 nitrogen and oxygen atoms in total. The van der Waals surface area contributed by atoms with Crippen LogP contribution in [0.2, 0.25) is 0 Å². The van der Waals surface area contributed by atoms with Crippen LogP contribution in [0.5, 0.6) is 0 Å². The highest BCUT2D eigenvalue weighted by Gasteiger charge is 2.25. The van der Waals surface area contributed by atoms with Crippen LogP contribution in [0, 0.1) is 0 Å². The van der Waals surface area contributed by atoms with Crippen LogP contribution in [0.4, 0.5) is 0 Å². The van der Waals surface area contributed by atoms with E-state index < -0.39 is 0 Å². The Morgan fingerprint density at radius 1 is 1.21 bits per heavy atom. The number of hydrogen-bond donors (Lipinski definition) is 2. The van der Waals surface area contributed by atoms with Crippen LogP contribution in [0.15, 0.2) is 52.1 Å².